The highest BCUT2D eigenvalue weighted by molar-refractivity contribution is 5.23. The van der Waals surface area contributed by atoms with Crippen molar-refractivity contribution < 1.29 is 14.9 Å². The van der Waals surface area contributed by atoms with E-state index in [4.69, 9.17) is 20.7 Å². The number of hydrogen-bond acceptors (Lipinski definition) is 6. The number of ether oxygens (including phenoxy) is 1. The van der Waals surface area contributed by atoms with Crippen molar-refractivity contribution in [2.45, 2.75) is 18.8 Å². The van der Waals surface area contributed by atoms with Gasteiger partial charge in [-0.05, 0) is 6.07 Å². The first-order chi connectivity index (χ1) is 8.15. The van der Waals surface area contributed by atoms with E-state index in [0.717, 1.165) is 0 Å². The maximum atomic E-state index is 11.5. The number of aliphatic hydroxyl groups excluding tert-OH is 2. The Labute approximate surface area is 97.5 Å². The fourth-order valence-electron chi connectivity index (χ4n) is 1.94. The van der Waals surface area contributed by atoms with Crippen LogP contribution in [0.2, 0.25) is 0 Å². The predicted molar refractivity (Wildman–Crippen MR) is 59.2 cm³/mol. The fourth-order valence-corrected chi connectivity index (χ4v) is 1.94. The Morgan fingerprint density at radius 3 is 2.76 bits per heavy atom. The molecule has 94 valence electrons. The van der Waals surface area contributed by atoms with Gasteiger partial charge in [0.15, 0.2) is 0 Å². The van der Waals surface area contributed by atoms with E-state index in [1.165, 1.54) is 16.8 Å². The van der Waals surface area contributed by atoms with Crippen LogP contribution >= 0.6 is 0 Å². The molecule has 1 aliphatic heterocycles. The largest absolute Gasteiger partial charge is 0.396 e. The molecular weight excluding hydrogens is 226 g/mol. The normalized spacial score (nSPS) is 27.8. The summed E-state index contributed by atoms with van der Waals surface area (Å²) in [5, 5.41) is 18.1. The minimum Gasteiger partial charge on any atom is -0.396 e. The zero-order chi connectivity index (χ0) is 12.4. The summed E-state index contributed by atoms with van der Waals surface area (Å²) in [5.41, 5.74) is 4.93. The predicted octanol–water partition coefficient (Wildman–Crippen LogP) is -1.81. The molecule has 2 heterocycles. The second kappa shape index (κ2) is 4.82. The number of anilines is 1. The summed E-state index contributed by atoms with van der Waals surface area (Å²) in [6, 6.07) is 1.53. The highest BCUT2D eigenvalue weighted by Crippen LogP contribution is 2.28. The van der Waals surface area contributed by atoms with E-state index in [0.29, 0.717) is 6.54 Å². The molecule has 0 unspecified atom stereocenters. The maximum absolute atomic E-state index is 11.5. The second-order valence-electron chi connectivity index (χ2n) is 4.03. The lowest BCUT2D eigenvalue weighted by atomic mass is 9.90. The summed E-state index contributed by atoms with van der Waals surface area (Å²) in [4.78, 5) is 15.1. The molecule has 1 saturated heterocycles. The van der Waals surface area contributed by atoms with Gasteiger partial charge in [-0.25, -0.2) is 4.79 Å². The molecule has 0 aromatic carbocycles. The molecule has 7 heteroatoms. The number of aromatic nitrogens is 2. The van der Waals surface area contributed by atoms with Gasteiger partial charge in [0.25, 0.3) is 0 Å². The van der Waals surface area contributed by atoms with Crippen molar-refractivity contribution in [3.63, 3.8) is 0 Å². The van der Waals surface area contributed by atoms with Crippen LogP contribution in [0.5, 0.6) is 0 Å². The van der Waals surface area contributed by atoms with Crippen LogP contribution in [0.1, 0.15) is 0 Å². The van der Waals surface area contributed by atoms with Crippen molar-refractivity contribution in [2.75, 3.05) is 18.9 Å². The van der Waals surface area contributed by atoms with Gasteiger partial charge in [0.1, 0.15) is 5.82 Å². The van der Waals surface area contributed by atoms with Crippen LogP contribution in [0.3, 0.4) is 0 Å². The van der Waals surface area contributed by atoms with E-state index in [1.54, 1.807) is 0 Å². The first-order valence-corrected chi connectivity index (χ1v) is 5.36. The van der Waals surface area contributed by atoms with Crippen molar-refractivity contribution in [3.8, 4) is 0 Å². The highest BCUT2D eigenvalue weighted by Gasteiger charge is 2.41. The molecule has 2 rings (SSSR count). The molecule has 1 aliphatic rings. The van der Waals surface area contributed by atoms with Crippen molar-refractivity contribution in [1.82, 2.24) is 9.55 Å². The third-order valence-electron chi connectivity index (χ3n) is 2.97. The SMILES string of the molecule is Nc1ccn(C[C@@H]2O[C@H](CO)[C@H]2CO)c(=O)n1. The first kappa shape index (κ1) is 12.0. The van der Waals surface area contributed by atoms with Crippen molar-refractivity contribution >= 4 is 5.82 Å². The number of rotatable bonds is 4. The third-order valence-corrected chi connectivity index (χ3v) is 2.97. The number of nitrogen functional groups attached to an aromatic ring is 1. The Bertz CT molecular complexity index is 447. The summed E-state index contributed by atoms with van der Waals surface area (Å²) in [6.45, 7) is 0.0947. The van der Waals surface area contributed by atoms with Crippen LogP contribution in [-0.2, 0) is 11.3 Å². The van der Waals surface area contributed by atoms with E-state index in [9.17, 15) is 4.79 Å². The summed E-state index contributed by atoms with van der Waals surface area (Å²) in [6.07, 6.45) is 0.914. The van der Waals surface area contributed by atoms with Gasteiger partial charge < -0.3 is 20.7 Å². The summed E-state index contributed by atoms with van der Waals surface area (Å²) >= 11 is 0. The Kier molecular flexibility index (Phi) is 3.41. The van der Waals surface area contributed by atoms with Crippen LogP contribution in [-0.4, -0.2) is 45.2 Å². The molecular formula is C10H15N3O4. The fraction of sp³-hybridized carbons (Fsp3) is 0.600. The van der Waals surface area contributed by atoms with Gasteiger partial charge in [0.05, 0.1) is 32.0 Å². The zero-order valence-electron chi connectivity index (χ0n) is 9.19. The molecule has 0 radical (unpaired) electrons. The second-order valence-corrected chi connectivity index (χ2v) is 4.03. The van der Waals surface area contributed by atoms with E-state index in [1.807, 2.05) is 0 Å². The molecule has 0 aliphatic carbocycles. The molecule has 0 spiro atoms. The molecule has 7 nitrogen and oxygen atoms in total. The van der Waals surface area contributed by atoms with Crippen molar-refractivity contribution in [1.29, 1.82) is 0 Å². The molecule has 17 heavy (non-hydrogen) atoms. The first-order valence-electron chi connectivity index (χ1n) is 5.36. The Balaban J connectivity index is 2.05. The van der Waals surface area contributed by atoms with Gasteiger partial charge in [-0.15, -0.1) is 0 Å². The monoisotopic (exact) mass is 241 g/mol. The Morgan fingerprint density at radius 1 is 1.41 bits per heavy atom. The molecule has 0 bridgehead atoms. The summed E-state index contributed by atoms with van der Waals surface area (Å²) < 4.78 is 6.72. The average Bonchev–Trinajstić information content (AvgIpc) is 2.26. The van der Waals surface area contributed by atoms with Gasteiger partial charge in [0.2, 0.25) is 0 Å². The molecule has 1 fully saturated rings. The highest BCUT2D eigenvalue weighted by atomic mass is 16.5. The molecule has 4 N–H and O–H groups in total. The van der Waals surface area contributed by atoms with Crippen molar-refractivity contribution in [3.05, 3.63) is 22.7 Å². The van der Waals surface area contributed by atoms with Crippen LogP contribution in [0, 0.1) is 5.92 Å². The van der Waals surface area contributed by atoms with Crippen LogP contribution in [0.25, 0.3) is 0 Å². The molecule has 0 amide bonds. The maximum Gasteiger partial charge on any atom is 0.349 e. The molecule has 3 atom stereocenters. The molecule has 1 aromatic heterocycles. The number of aliphatic hydroxyl groups is 2. The van der Waals surface area contributed by atoms with Crippen molar-refractivity contribution in [2.24, 2.45) is 5.92 Å². The minimum absolute atomic E-state index is 0.0763. The summed E-state index contributed by atoms with van der Waals surface area (Å²) in [7, 11) is 0. The van der Waals surface area contributed by atoms with Gasteiger partial charge >= 0.3 is 5.69 Å². The quantitative estimate of drug-likeness (QED) is 0.573. The molecule has 1 aromatic rings. The van der Waals surface area contributed by atoms with Gasteiger partial charge in [-0.2, -0.15) is 4.98 Å². The lowest BCUT2D eigenvalue weighted by Crippen LogP contribution is -2.55. The van der Waals surface area contributed by atoms with Gasteiger partial charge in [-0.3, -0.25) is 4.57 Å². The lowest BCUT2D eigenvalue weighted by molar-refractivity contribution is -0.214. The number of nitrogens with two attached hydrogens (primary N) is 1. The van der Waals surface area contributed by atoms with E-state index < -0.39 is 5.69 Å². The van der Waals surface area contributed by atoms with Gasteiger partial charge in [-0.1, -0.05) is 0 Å². The van der Waals surface area contributed by atoms with Crippen LogP contribution in [0.4, 0.5) is 5.82 Å². The molecule has 0 saturated carbocycles. The van der Waals surface area contributed by atoms with Crippen LogP contribution < -0.4 is 11.4 Å². The average molecular weight is 241 g/mol. The Morgan fingerprint density at radius 2 is 2.18 bits per heavy atom. The Hall–Kier alpha value is -1.44. The van der Waals surface area contributed by atoms with E-state index in [-0.39, 0.29) is 37.2 Å². The van der Waals surface area contributed by atoms with E-state index >= 15 is 0 Å². The topological polar surface area (TPSA) is 111 Å². The lowest BCUT2D eigenvalue weighted by Gasteiger charge is -2.43. The zero-order valence-corrected chi connectivity index (χ0v) is 9.19. The number of hydrogen-bond donors (Lipinski definition) is 3. The third kappa shape index (κ3) is 2.31. The summed E-state index contributed by atoms with van der Waals surface area (Å²) in [5.74, 6) is 0.0252. The van der Waals surface area contributed by atoms with E-state index in [2.05, 4.69) is 4.98 Å². The number of nitrogens with zero attached hydrogens (tertiary/aromatic N) is 2. The smallest absolute Gasteiger partial charge is 0.349 e. The van der Waals surface area contributed by atoms with Gasteiger partial charge in [0, 0.05) is 12.1 Å². The standard InChI is InChI=1S/C10H15N3O4/c11-9-1-2-13(10(16)12-9)3-7-6(4-14)8(5-15)17-7/h1-2,6-8,14-15H,3-5H2,(H2,11,12,16)/t6-,7-,8+/m0/s1. The van der Waals surface area contributed by atoms with Crippen LogP contribution in [0.15, 0.2) is 17.1 Å². The minimum atomic E-state index is -0.447.